The Hall–Kier alpha value is -1.27. The number of pyridine rings is 1. The van der Waals surface area contributed by atoms with Gasteiger partial charge in [0.2, 0.25) is 5.95 Å². The van der Waals surface area contributed by atoms with Crippen molar-refractivity contribution >= 4 is 18.4 Å². The number of hydrogen-bond donors (Lipinski definition) is 0. The number of rotatable bonds is 2. The first-order valence-electron chi connectivity index (χ1n) is 6.16. The van der Waals surface area contributed by atoms with Gasteiger partial charge in [-0.25, -0.2) is 4.98 Å². The van der Waals surface area contributed by atoms with E-state index in [1.165, 1.54) is 19.2 Å². The van der Waals surface area contributed by atoms with E-state index in [-0.39, 0.29) is 11.2 Å². The maximum atomic E-state index is 13.8. The molecule has 1 aliphatic heterocycles. The molecule has 102 valence electrons. The van der Waals surface area contributed by atoms with Crippen LogP contribution in [-0.2, 0) is 9.31 Å². The number of hydrogen-bond acceptors (Lipinski definition) is 4. The SMILES string of the molecule is CC(=O)c1cnc(F)c(B2OC(C)(C)C(C)(C)O2)c1. The summed E-state index contributed by atoms with van der Waals surface area (Å²) in [6.45, 7) is 8.93. The van der Waals surface area contributed by atoms with E-state index in [1.54, 1.807) is 0 Å². The number of Topliss-reactive ketones (excluding diaryl/α,β-unsaturated/α-hetero) is 1. The second-order valence-corrected chi connectivity index (χ2v) is 5.75. The molecule has 1 aromatic rings. The van der Waals surface area contributed by atoms with E-state index in [2.05, 4.69) is 4.98 Å². The van der Waals surface area contributed by atoms with E-state index < -0.39 is 24.3 Å². The van der Waals surface area contributed by atoms with E-state index in [1.807, 2.05) is 27.7 Å². The molecule has 1 aromatic heterocycles. The zero-order valence-electron chi connectivity index (χ0n) is 11.8. The Balaban J connectivity index is 2.39. The van der Waals surface area contributed by atoms with Crippen molar-refractivity contribution in [3.63, 3.8) is 0 Å². The molecule has 2 rings (SSSR count). The van der Waals surface area contributed by atoms with Gasteiger partial charge in [0.15, 0.2) is 5.78 Å². The monoisotopic (exact) mass is 265 g/mol. The molecule has 0 aliphatic carbocycles. The van der Waals surface area contributed by atoms with E-state index in [0.717, 1.165) is 0 Å². The third-order valence-electron chi connectivity index (χ3n) is 3.78. The highest BCUT2D eigenvalue weighted by atomic mass is 19.1. The minimum Gasteiger partial charge on any atom is -0.399 e. The minimum atomic E-state index is -0.850. The zero-order valence-corrected chi connectivity index (χ0v) is 11.8. The Bertz CT molecular complexity index is 515. The van der Waals surface area contributed by atoms with Crippen molar-refractivity contribution in [3.05, 3.63) is 23.8 Å². The highest BCUT2D eigenvalue weighted by molar-refractivity contribution is 6.62. The number of halogens is 1. The smallest absolute Gasteiger partial charge is 0.399 e. The van der Waals surface area contributed by atoms with Gasteiger partial charge in [-0.2, -0.15) is 4.39 Å². The van der Waals surface area contributed by atoms with Gasteiger partial charge in [0.05, 0.1) is 11.2 Å². The third kappa shape index (κ3) is 2.42. The number of aromatic nitrogens is 1. The van der Waals surface area contributed by atoms with Crippen molar-refractivity contribution in [2.45, 2.75) is 45.8 Å². The lowest BCUT2D eigenvalue weighted by Crippen LogP contribution is -2.41. The van der Waals surface area contributed by atoms with Gasteiger partial charge in [0, 0.05) is 17.2 Å². The van der Waals surface area contributed by atoms with Crippen molar-refractivity contribution in [3.8, 4) is 0 Å². The lowest BCUT2D eigenvalue weighted by atomic mass is 9.79. The molecule has 6 heteroatoms. The molecule has 1 saturated heterocycles. The molecule has 0 amide bonds. The molecule has 1 aliphatic rings. The minimum absolute atomic E-state index is 0.159. The molecule has 19 heavy (non-hydrogen) atoms. The summed E-state index contributed by atoms with van der Waals surface area (Å²) in [4.78, 5) is 14.9. The molecule has 0 atom stereocenters. The van der Waals surface area contributed by atoms with Crippen molar-refractivity contribution in [1.29, 1.82) is 0 Å². The van der Waals surface area contributed by atoms with Crippen LogP contribution in [0.3, 0.4) is 0 Å². The summed E-state index contributed by atoms with van der Waals surface area (Å²) in [5.41, 5.74) is -0.621. The van der Waals surface area contributed by atoms with Gasteiger partial charge in [-0.3, -0.25) is 4.79 Å². The largest absolute Gasteiger partial charge is 0.499 e. The number of carbonyl (C=O) groups excluding carboxylic acids is 1. The molecule has 0 bridgehead atoms. The second-order valence-electron chi connectivity index (χ2n) is 5.75. The van der Waals surface area contributed by atoms with Crippen molar-refractivity contribution in [2.24, 2.45) is 0 Å². The van der Waals surface area contributed by atoms with Gasteiger partial charge in [-0.1, -0.05) is 0 Å². The maximum Gasteiger partial charge on any atom is 0.499 e. The normalized spacial score (nSPS) is 20.6. The lowest BCUT2D eigenvalue weighted by Gasteiger charge is -2.32. The third-order valence-corrected chi connectivity index (χ3v) is 3.78. The molecule has 0 unspecified atom stereocenters. The number of ketones is 1. The van der Waals surface area contributed by atoms with Gasteiger partial charge in [-0.05, 0) is 40.7 Å². The molecule has 0 spiro atoms. The Morgan fingerprint density at radius 3 is 2.26 bits per heavy atom. The summed E-state index contributed by atoms with van der Waals surface area (Å²) in [5.74, 6) is -0.853. The van der Waals surface area contributed by atoms with Crippen molar-refractivity contribution in [2.75, 3.05) is 0 Å². The van der Waals surface area contributed by atoms with Gasteiger partial charge in [0.25, 0.3) is 0 Å². The van der Waals surface area contributed by atoms with Crippen molar-refractivity contribution < 1.29 is 18.5 Å². The van der Waals surface area contributed by atoms with E-state index in [4.69, 9.17) is 9.31 Å². The van der Waals surface area contributed by atoms with Crippen LogP contribution in [0.2, 0.25) is 0 Å². The van der Waals surface area contributed by atoms with Crippen LogP contribution in [0.4, 0.5) is 4.39 Å². The van der Waals surface area contributed by atoms with E-state index >= 15 is 0 Å². The molecule has 0 N–H and O–H groups in total. The fourth-order valence-corrected chi connectivity index (χ4v) is 1.79. The van der Waals surface area contributed by atoms with Crippen LogP contribution in [0.1, 0.15) is 45.0 Å². The molecule has 2 heterocycles. The standard InChI is InChI=1S/C13H17BFNO3/c1-8(17)9-6-10(11(15)16-7-9)14-18-12(2,3)13(4,5)19-14/h6-7H,1-5H3. The second kappa shape index (κ2) is 4.39. The van der Waals surface area contributed by atoms with Crippen molar-refractivity contribution in [1.82, 2.24) is 4.98 Å². The van der Waals surface area contributed by atoms with Gasteiger partial charge in [0.1, 0.15) is 0 Å². The van der Waals surface area contributed by atoms with Gasteiger partial charge in [-0.15, -0.1) is 0 Å². The average molecular weight is 265 g/mol. The summed E-state index contributed by atoms with van der Waals surface area (Å²) in [7, 11) is -0.850. The van der Waals surface area contributed by atoms with E-state index in [0.29, 0.717) is 5.56 Å². The highest BCUT2D eigenvalue weighted by Crippen LogP contribution is 2.36. The first kappa shape index (κ1) is 14.2. The summed E-state index contributed by atoms with van der Waals surface area (Å²) in [6, 6.07) is 1.44. The van der Waals surface area contributed by atoms with Gasteiger partial charge < -0.3 is 9.31 Å². The molecule has 4 nitrogen and oxygen atoms in total. The molecule has 1 fully saturated rings. The first-order chi connectivity index (χ1) is 8.64. The van der Waals surface area contributed by atoms with Crippen LogP contribution in [-0.4, -0.2) is 29.1 Å². The number of carbonyl (C=O) groups is 1. The topological polar surface area (TPSA) is 48.4 Å². The Morgan fingerprint density at radius 2 is 1.79 bits per heavy atom. The highest BCUT2D eigenvalue weighted by Gasteiger charge is 2.52. The molecule has 0 saturated carbocycles. The fourth-order valence-electron chi connectivity index (χ4n) is 1.79. The predicted molar refractivity (Wildman–Crippen MR) is 69.9 cm³/mol. The quantitative estimate of drug-likeness (QED) is 0.464. The molecular formula is C13H17BFNO3. The summed E-state index contributed by atoms with van der Waals surface area (Å²) in [5, 5.41) is 0. The first-order valence-corrected chi connectivity index (χ1v) is 6.16. The van der Waals surface area contributed by atoms with Crippen LogP contribution in [0.25, 0.3) is 0 Å². The van der Waals surface area contributed by atoms with Gasteiger partial charge >= 0.3 is 7.12 Å². The molecule has 0 aromatic carbocycles. The lowest BCUT2D eigenvalue weighted by molar-refractivity contribution is 0.00578. The van der Waals surface area contributed by atoms with Crippen LogP contribution in [0.15, 0.2) is 12.3 Å². The van der Waals surface area contributed by atoms with Crippen LogP contribution < -0.4 is 5.46 Å². The predicted octanol–water partition coefficient (Wildman–Crippen LogP) is 1.72. The number of nitrogens with zero attached hydrogens (tertiary/aromatic N) is 1. The van der Waals surface area contributed by atoms with E-state index in [9.17, 15) is 9.18 Å². The average Bonchev–Trinajstić information content (AvgIpc) is 2.48. The maximum absolute atomic E-state index is 13.8. The Labute approximate surface area is 112 Å². The molecule has 0 radical (unpaired) electrons. The Morgan fingerprint density at radius 1 is 1.26 bits per heavy atom. The zero-order chi connectivity index (χ0) is 14.4. The molecular weight excluding hydrogens is 248 g/mol. The Kier molecular flexibility index (Phi) is 3.27. The summed E-state index contributed by atoms with van der Waals surface area (Å²) < 4.78 is 25.3. The summed E-state index contributed by atoms with van der Waals surface area (Å²) in [6.07, 6.45) is 1.21. The fraction of sp³-hybridized carbons (Fsp3) is 0.538. The van der Waals surface area contributed by atoms with Crippen LogP contribution in [0.5, 0.6) is 0 Å². The summed E-state index contributed by atoms with van der Waals surface area (Å²) >= 11 is 0. The van der Waals surface area contributed by atoms with Crippen LogP contribution in [0, 0.1) is 5.95 Å². The van der Waals surface area contributed by atoms with Crippen LogP contribution >= 0.6 is 0 Å².